The molecule has 0 spiro atoms. The molecule has 7 nitrogen and oxygen atoms in total. The van der Waals surface area contributed by atoms with Crippen molar-refractivity contribution in [3.8, 4) is 5.69 Å². The highest BCUT2D eigenvalue weighted by Crippen LogP contribution is 2.55. The van der Waals surface area contributed by atoms with Gasteiger partial charge >= 0.3 is 6.03 Å². The van der Waals surface area contributed by atoms with Gasteiger partial charge in [-0.2, -0.15) is 0 Å². The zero-order chi connectivity index (χ0) is 21.7. The van der Waals surface area contributed by atoms with E-state index in [0.29, 0.717) is 11.1 Å². The molecule has 5 aliphatic rings. The first-order chi connectivity index (χ1) is 15.6. The molecular weight excluding hydrogens is 422 g/mol. The largest absolute Gasteiger partial charge is 0.332 e. The molecule has 1 aromatic carbocycles. The van der Waals surface area contributed by atoms with Crippen LogP contribution in [0, 0.1) is 17.8 Å². The van der Waals surface area contributed by atoms with Crippen LogP contribution in [0.25, 0.3) is 5.69 Å². The summed E-state index contributed by atoms with van der Waals surface area (Å²) in [5.41, 5.74) is 0.903. The van der Waals surface area contributed by atoms with E-state index in [1.165, 1.54) is 31.0 Å². The van der Waals surface area contributed by atoms with Crippen LogP contribution in [-0.4, -0.2) is 38.0 Å². The van der Waals surface area contributed by atoms with E-state index < -0.39 is 0 Å². The Morgan fingerprint density at radius 2 is 1.66 bits per heavy atom. The van der Waals surface area contributed by atoms with Crippen molar-refractivity contribution in [2.45, 2.75) is 68.0 Å². The molecule has 4 bridgehead atoms. The number of para-hydroxylation sites is 1. The Morgan fingerprint density at radius 3 is 2.28 bits per heavy atom. The molecule has 8 heteroatoms. The normalized spacial score (nSPS) is 30.3. The van der Waals surface area contributed by atoms with Crippen molar-refractivity contribution >= 4 is 23.7 Å². The summed E-state index contributed by atoms with van der Waals surface area (Å²) in [6, 6.07) is 9.66. The number of urea groups is 1. The van der Waals surface area contributed by atoms with Gasteiger partial charge in [-0.05, 0) is 81.3 Å². The molecule has 1 aromatic heterocycles. The third-order valence-corrected chi connectivity index (χ3v) is 8.55. The topological polar surface area (TPSA) is 88.9 Å². The second-order valence-electron chi connectivity index (χ2n) is 10.3. The van der Waals surface area contributed by atoms with Crippen LogP contribution in [0.1, 0.15) is 63.1 Å². The molecule has 0 saturated heterocycles. The summed E-state index contributed by atoms with van der Waals surface area (Å²) in [5.74, 6) is 3.47. The summed E-state index contributed by atoms with van der Waals surface area (Å²) in [5, 5.41) is 15.2. The van der Waals surface area contributed by atoms with Gasteiger partial charge in [0.1, 0.15) is 5.82 Å². The van der Waals surface area contributed by atoms with Gasteiger partial charge in [-0.1, -0.05) is 30.0 Å². The fourth-order valence-electron chi connectivity index (χ4n) is 6.63. The van der Waals surface area contributed by atoms with E-state index in [1.807, 2.05) is 34.9 Å². The number of carbonyl (C=O) groups is 2. The van der Waals surface area contributed by atoms with E-state index in [1.54, 1.807) is 0 Å². The summed E-state index contributed by atoms with van der Waals surface area (Å²) in [6.07, 6.45) is 9.43. The van der Waals surface area contributed by atoms with Crippen LogP contribution < -0.4 is 10.6 Å². The van der Waals surface area contributed by atoms with E-state index in [9.17, 15) is 9.59 Å². The van der Waals surface area contributed by atoms with Crippen LogP contribution in [-0.2, 0) is 4.79 Å². The number of amides is 3. The van der Waals surface area contributed by atoms with Gasteiger partial charge < -0.3 is 5.32 Å². The lowest BCUT2D eigenvalue weighted by atomic mass is 9.53. The fraction of sp³-hybridized carbons (Fsp3) is 0.583. The first-order valence-corrected chi connectivity index (χ1v) is 12.8. The third kappa shape index (κ3) is 3.93. The number of aromatic nitrogens is 3. The molecule has 1 heterocycles. The van der Waals surface area contributed by atoms with Gasteiger partial charge in [-0.25, -0.2) is 4.79 Å². The maximum absolute atomic E-state index is 12.7. The minimum atomic E-state index is -0.347. The number of nitrogens with one attached hydrogen (secondary N) is 2. The summed E-state index contributed by atoms with van der Waals surface area (Å²) < 4.78 is 2.05. The Labute approximate surface area is 192 Å². The van der Waals surface area contributed by atoms with Crippen LogP contribution in [0.4, 0.5) is 4.79 Å². The van der Waals surface area contributed by atoms with Gasteiger partial charge in [0.2, 0.25) is 5.91 Å². The van der Waals surface area contributed by atoms with Crippen LogP contribution in [0.5, 0.6) is 0 Å². The van der Waals surface area contributed by atoms with Crippen molar-refractivity contribution in [3.63, 3.8) is 0 Å². The fourth-order valence-corrected chi connectivity index (χ4v) is 7.39. The second kappa shape index (κ2) is 7.90. The lowest BCUT2D eigenvalue weighted by molar-refractivity contribution is -0.117. The van der Waals surface area contributed by atoms with Gasteiger partial charge in [-0.15, -0.1) is 10.2 Å². The van der Waals surface area contributed by atoms with Crippen LogP contribution >= 0.6 is 11.8 Å². The molecule has 5 aliphatic carbocycles. The maximum atomic E-state index is 12.7. The zero-order valence-electron chi connectivity index (χ0n) is 18.1. The van der Waals surface area contributed by atoms with Gasteiger partial charge in [0.25, 0.3) is 0 Å². The van der Waals surface area contributed by atoms with Crippen LogP contribution in [0.2, 0.25) is 0 Å². The summed E-state index contributed by atoms with van der Waals surface area (Å²) >= 11 is 1.33. The first-order valence-electron chi connectivity index (χ1n) is 11.8. The van der Waals surface area contributed by atoms with E-state index in [0.717, 1.165) is 61.4 Å². The predicted octanol–water partition coefficient (Wildman–Crippen LogP) is 4.03. The molecule has 32 heavy (non-hydrogen) atoms. The Balaban J connectivity index is 1.08. The number of rotatable bonds is 6. The number of hydrogen-bond donors (Lipinski definition) is 2. The minimum Gasteiger partial charge on any atom is -0.332 e. The highest BCUT2D eigenvalue weighted by Gasteiger charge is 2.51. The van der Waals surface area contributed by atoms with Crippen LogP contribution in [0.3, 0.4) is 0 Å². The highest BCUT2D eigenvalue weighted by molar-refractivity contribution is 7.99. The lowest BCUT2D eigenvalue weighted by Crippen LogP contribution is -2.61. The number of benzene rings is 1. The Hall–Kier alpha value is -2.35. The molecule has 7 rings (SSSR count). The molecule has 0 unspecified atom stereocenters. The number of imide groups is 1. The van der Waals surface area contributed by atoms with Gasteiger partial charge in [0.15, 0.2) is 5.16 Å². The quantitative estimate of drug-likeness (QED) is 0.648. The van der Waals surface area contributed by atoms with E-state index >= 15 is 0 Å². The van der Waals surface area contributed by atoms with Crippen molar-refractivity contribution in [2.75, 3.05) is 5.75 Å². The van der Waals surface area contributed by atoms with Gasteiger partial charge in [0.05, 0.1) is 5.75 Å². The average molecular weight is 452 g/mol. The molecule has 5 saturated carbocycles. The van der Waals surface area contributed by atoms with E-state index in [2.05, 4.69) is 20.8 Å². The summed E-state index contributed by atoms with van der Waals surface area (Å²) in [7, 11) is 0. The predicted molar refractivity (Wildman–Crippen MR) is 122 cm³/mol. The van der Waals surface area contributed by atoms with Crippen LogP contribution in [0.15, 0.2) is 35.5 Å². The highest BCUT2D eigenvalue weighted by atomic mass is 32.2. The van der Waals surface area contributed by atoms with Gasteiger partial charge in [-0.3, -0.25) is 14.7 Å². The second-order valence-corrected chi connectivity index (χ2v) is 11.2. The summed E-state index contributed by atoms with van der Waals surface area (Å²) in [6.45, 7) is 0. The van der Waals surface area contributed by atoms with Crippen molar-refractivity contribution < 1.29 is 9.59 Å². The molecule has 3 amide bonds. The van der Waals surface area contributed by atoms with Crippen molar-refractivity contribution in [2.24, 2.45) is 17.8 Å². The molecule has 0 radical (unpaired) electrons. The van der Waals surface area contributed by atoms with Crippen molar-refractivity contribution in [1.82, 2.24) is 25.4 Å². The first kappa shape index (κ1) is 20.3. The number of thioether (sulfide) groups is 1. The zero-order valence-corrected chi connectivity index (χ0v) is 18.9. The molecule has 2 N–H and O–H groups in total. The summed E-state index contributed by atoms with van der Waals surface area (Å²) in [4.78, 5) is 25.2. The lowest BCUT2D eigenvalue weighted by Gasteiger charge is -2.56. The Kier molecular flexibility index (Phi) is 5.01. The molecular formula is C24H29N5O2S. The third-order valence-electron chi connectivity index (χ3n) is 7.62. The number of hydrogen-bond acceptors (Lipinski definition) is 5. The van der Waals surface area contributed by atoms with E-state index in [4.69, 9.17) is 0 Å². The molecule has 168 valence electrons. The number of nitrogens with zero attached hydrogens (tertiary/aromatic N) is 3. The minimum absolute atomic E-state index is 0.0983. The molecule has 0 atom stereocenters. The van der Waals surface area contributed by atoms with Crippen molar-refractivity contribution in [3.05, 3.63) is 36.2 Å². The van der Waals surface area contributed by atoms with Crippen molar-refractivity contribution in [1.29, 1.82) is 0 Å². The van der Waals surface area contributed by atoms with E-state index in [-0.39, 0.29) is 23.2 Å². The molecule has 0 aliphatic heterocycles. The Morgan fingerprint density at radius 1 is 1.00 bits per heavy atom. The molecule has 5 fully saturated rings. The SMILES string of the molecule is O=C(CSc1nnc(C2CC2)n1-c1ccccc1)NC(=O)NC12CC3CC(CC(C3)C1)C2. The van der Waals surface area contributed by atoms with Gasteiger partial charge in [0, 0.05) is 17.1 Å². The monoisotopic (exact) mass is 451 g/mol. The smallest absolute Gasteiger partial charge is 0.321 e. The average Bonchev–Trinajstić information content (AvgIpc) is 3.50. The Bertz CT molecular complexity index is 997. The molecule has 2 aromatic rings. The standard InChI is InChI=1S/C24H29N5O2S/c30-20(25-22(31)26-24-11-15-8-16(12-24)10-17(9-15)13-24)14-32-23-28-27-21(18-6-7-18)29(23)19-4-2-1-3-5-19/h1-5,15-18H,6-14H2,(H2,25,26,30,31). The number of carbonyl (C=O) groups excluding carboxylic acids is 2. The maximum Gasteiger partial charge on any atom is 0.321 e.